The van der Waals surface area contributed by atoms with E-state index >= 15 is 0 Å². The lowest BCUT2D eigenvalue weighted by molar-refractivity contribution is 0.467. The van der Waals surface area contributed by atoms with Gasteiger partial charge in [-0.2, -0.15) is 0 Å². The highest BCUT2D eigenvalue weighted by Gasteiger charge is 2.13. The predicted octanol–water partition coefficient (Wildman–Crippen LogP) is 1.45. The maximum absolute atomic E-state index is 11.4. The zero-order valence-electron chi connectivity index (χ0n) is 9.54. The Morgan fingerprint density at radius 3 is 2.29 bits per heavy atom. The second kappa shape index (κ2) is 7.23. The molecule has 0 rings (SSSR count). The lowest BCUT2D eigenvalue weighted by Gasteiger charge is -2.13. The first kappa shape index (κ1) is 13.9. The number of rotatable bonds is 8. The van der Waals surface area contributed by atoms with Crippen LogP contribution in [0.5, 0.6) is 0 Å². The monoisotopic (exact) mass is 221 g/mol. The van der Waals surface area contributed by atoms with Gasteiger partial charge in [-0.1, -0.05) is 20.3 Å². The maximum Gasteiger partial charge on any atom is 0.150 e. The van der Waals surface area contributed by atoms with E-state index in [0.29, 0.717) is 17.4 Å². The largest absolute Gasteiger partial charge is 0.319 e. The molecule has 0 bridgehead atoms. The quantitative estimate of drug-likeness (QED) is 0.675. The van der Waals surface area contributed by atoms with Gasteiger partial charge in [0.25, 0.3) is 0 Å². The summed E-state index contributed by atoms with van der Waals surface area (Å²) in [5, 5.41) is 3.09. The van der Waals surface area contributed by atoms with Crippen LogP contribution in [0, 0.1) is 5.92 Å². The Morgan fingerprint density at radius 1 is 1.21 bits per heavy atom. The predicted molar refractivity (Wildman–Crippen MR) is 61.3 cm³/mol. The van der Waals surface area contributed by atoms with Crippen LogP contribution in [0.25, 0.3) is 0 Å². The minimum Gasteiger partial charge on any atom is -0.319 e. The Labute approximate surface area is 88.2 Å². The molecule has 0 radical (unpaired) electrons. The molecule has 0 saturated carbocycles. The second-order valence-electron chi connectivity index (χ2n) is 3.77. The molecule has 86 valence electrons. The van der Waals surface area contributed by atoms with Gasteiger partial charge in [0, 0.05) is 5.75 Å². The van der Waals surface area contributed by atoms with E-state index < -0.39 is 9.84 Å². The van der Waals surface area contributed by atoms with Crippen molar-refractivity contribution >= 4 is 9.84 Å². The normalized spacial score (nSPS) is 14.2. The molecule has 0 aliphatic heterocycles. The molecule has 0 heterocycles. The zero-order chi connectivity index (χ0) is 11.0. The first-order valence-electron chi connectivity index (χ1n) is 5.40. The molecule has 0 saturated heterocycles. The van der Waals surface area contributed by atoms with Crippen molar-refractivity contribution in [1.82, 2.24) is 5.32 Å². The molecule has 1 unspecified atom stereocenters. The van der Waals surface area contributed by atoms with Crippen molar-refractivity contribution in [3.63, 3.8) is 0 Å². The van der Waals surface area contributed by atoms with Crippen molar-refractivity contribution in [1.29, 1.82) is 0 Å². The summed E-state index contributed by atoms with van der Waals surface area (Å²) in [6, 6.07) is 0. The Morgan fingerprint density at radius 2 is 1.86 bits per heavy atom. The highest BCUT2D eigenvalue weighted by Crippen LogP contribution is 2.09. The van der Waals surface area contributed by atoms with Crippen LogP contribution in [0.3, 0.4) is 0 Å². The number of nitrogens with one attached hydrogen (secondary N) is 1. The molecular formula is C10H23NO2S. The fourth-order valence-corrected chi connectivity index (χ4v) is 3.02. The zero-order valence-corrected chi connectivity index (χ0v) is 10.4. The Balaban J connectivity index is 3.89. The molecule has 0 aromatic carbocycles. The number of sulfone groups is 1. The average Bonchev–Trinajstić information content (AvgIpc) is 2.12. The third kappa shape index (κ3) is 6.38. The van der Waals surface area contributed by atoms with E-state index in [2.05, 4.69) is 12.2 Å². The third-order valence-electron chi connectivity index (χ3n) is 2.42. The molecule has 0 aromatic heterocycles. The minimum absolute atomic E-state index is 0.336. The van der Waals surface area contributed by atoms with Crippen molar-refractivity contribution in [2.45, 2.75) is 33.1 Å². The molecule has 0 aromatic rings. The van der Waals surface area contributed by atoms with Crippen LogP contribution in [0.4, 0.5) is 0 Å². The van der Waals surface area contributed by atoms with Crippen LogP contribution in [0.2, 0.25) is 0 Å². The molecule has 0 amide bonds. The van der Waals surface area contributed by atoms with Gasteiger partial charge in [-0.05, 0) is 32.4 Å². The Bertz CT molecular complexity index is 224. The first-order valence-corrected chi connectivity index (χ1v) is 7.22. The van der Waals surface area contributed by atoms with E-state index in [1.165, 1.54) is 0 Å². The van der Waals surface area contributed by atoms with Crippen LogP contribution in [0.15, 0.2) is 0 Å². The van der Waals surface area contributed by atoms with Gasteiger partial charge in [0.15, 0.2) is 0 Å². The SMILES string of the molecule is CCCS(=O)(=O)CCC(CC)CNC. The van der Waals surface area contributed by atoms with Gasteiger partial charge >= 0.3 is 0 Å². The summed E-state index contributed by atoms with van der Waals surface area (Å²) in [7, 11) is -0.877. The van der Waals surface area contributed by atoms with Crippen molar-refractivity contribution in [2.75, 3.05) is 25.1 Å². The van der Waals surface area contributed by atoms with Crippen LogP contribution in [0.1, 0.15) is 33.1 Å². The summed E-state index contributed by atoms with van der Waals surface area (Å²) < 4.78 is 22.9. The molecule has 0 aliphatic rings. The summed E-state index contributed by atoms with van der Waals surface area (Å²) in [6.07, 6.45) is 2.56. The van der Waals surface area contributed by atoms with Gasteiger partial charge in [0.1, 0.15) is 9.84 Å². The molecule has 0 fully saturated rings. The lowest BCUT2D eigenvalue weighted by atomic mass is 10.0. The molecule has 4 heteroatoms. The molecule has 1 N–H and O–H groups in total. The summed E-state index contributed by atoms with van der Waals surface area (Å²) in [5.74, 6) is 1.18. The first-order chi connectivity index (χ1) is 6.55. The molecule has 14 heavy (non-hydrogen) atoms. The van der Waals surface area contributed by atoms with E-state index in [-0.39, 0.29) is 0 Å². The van der Waals surface area contributed by atoms with Gasteiger partial charge in [0.05, 0.1) is 5.75 Å². The molecule has 3 nitrogen and oxygen atoms in total. The second-order valence-corrected chi connectivity index (χ2v) is 6.08. The lowest BCUT2D eigenvalue weighted by Crippen LogP contribution is -2.22. The third-order valence-corrected chi connectivity index (χ3v) is 4.31. The summed E-state index contributed by atoms with van der Waals surface area (Å²) in [5.41, 5.74) is 0. The summed E-state index contributed by atoms with van der Waals surface area (Å²) in [6.45, 7) is 4.93. The molecular weight excluding hydrogens is 198 g/mol. The summed E-state index contributed by atoms with van der Waals surface area (Å²) >= 11 is 0. The minimum atomic E-state index is -2.78. The summed E-state index contributed by atoms with van der Waals surface area (Å²) in [4.78, 5) is 0. The standard InChI is InChI=1S/C10H23NO2S/c1-4-7-14(12,13)8-6-10(5-2)9-11-3/h10-11H,4-9H2,1-3H3. The Hall–Kier alpha value is -0.0900. The smallest absolute Gasteiger partial charge is 0.150 e. The molecule has 0 aliphatic carbocycles. The highest BCUT2D eigenvalue weighted by atomic mass is 32.2. The fourth-order valence-electron chi connectivity index (χ4n) is 1.50. The van der Waals surface area contributed by atoms with Gasteiger partial charge in [-0.3, -0.25) is 0 Å². The fraction of sp³-hybridized carbons (Fsp3) is 1.00. The van der Waals surface area contributed by atoms with E-state index in [0.717, 1.165) is 25.8 Å². The van der Waals surface area contributed by atoms with Crippen molar-refractivity contribution in [3.05, 3.63) is 0 Å². The van der Waals surface area contributed by atoms with Crippen molar-refractivity contribution in [2.24, 2.45) is 5.92 Å². The average molecular weight is 221 g/mol. The van der Waals surface area contributed by atoms with E-state index in [9.17, 15) is 8.42 Å². The van der Waals surface area contributed by atoms with Gasteiger partial charge in [-0.25, -0.2) is 8.42 Å². The van der Waals surface area contributed by atoms with Gasteiger partial charge < -0.3 is 5.32 Å². The van der Waals surface area contributed by atoms with E-state index in [1.807, 2.05) is 14.0 Å². The molecule has 1 atom stereocenters. The van der Waals surface area contributed by atoms with E-state index in [1.54, 1.807) is 0 Å². The van der Waals surface area contributed by atoms with Crippen molar-refractivity contribution in [3.8, 4) is 0 Å². The molecule has 0 spiro atoms. The van der Waals surface area contributed by atoms with Crippen molar-refractivity contribution < 1.29 is 8.42 Å². The van der Waals surface area contributed by atoms with E-state index in [4.69, 9.17) is 0 Å². The van der Waals surface area contributed by atoms with Crippen LogP contribution >= 0.6 is 0 Å². The number of hydrogen-bond acceptors (Lipinski definition) is 3. The van der Waals surface area contributed by atoms with Gasteiger partial charge in [0.2, 0.25) is 0 Å². The highest BCUT2D eigenvalue weighted by molar-refractivity contribution is 7.91. The van der Waals surface area contributed by atoms with Crippen LogP contribution < -0.4 is 5.32 Å². The topological polar surface area (TPSA) is 46.2 Å². The van der Waals surface area contributed by atoms with Crippen LogP contribution in [-0.2, 0) is 9.84 Å². The number of hydrogen-bond donors (Lipinski definition) is 1. The maximum atomic E-state index is 11.4. The van der Waals surface area contributed by atoms with Gasteiger partial charge in [-0.15, -0.1) is 0 Å². The van der Waals surface area contributed by atoms with Crippen LogP contribution in [-0.4, -0.2) is 33.5 Å². The Kier molecular flexibility index (Phi) is 7.19.